The molecule has 22 heavy (non-hydrogen) atoms. The first kappa shape index (κ1) is 18.5. The molecule has 0 spiro atoms. The molecule has 1 aliphatic heterocycles. The van der Waals surface area contributed by atoms with E-state index in [-0.39, 0.29) is 41.8 Å². The lowest BCUT2D eigenvalue weighted by molar-refractivity contribution is -0.125. The van der Waals surface area contributed by atoms with Gasteiger partial charge in [-0.15, -0.1) is 12.4 Å². The molecule has 1 aliphatic rings. The molecule has 3 amide bonds. The summed E-state index contributed by atoms with van der Waals surface area (Å²) in [6, 6.07) is 6.93. The van der Waals surface area contributed by atoms with Crippen molar-refractivity contribution in [2.75, 3.05) is 18.8 Å². The number of rotatable bonds is 6. The van der Waals surface area contributed by atoms with Gasteiger partial charge in [0, 0.05) is 12.1 Å². The first-order valence-corrected chi connectivity index (χ1v) is 7.64. The Bertz CT molecular complexity index is 552. The van der Waals surface area contributed by atoms with Crippen LogP contribution in [0.5, 0.6) is 0 Å². The Kier molecular flexibility index (Phi) is 7.37. The number of nitrogens with zero attached hydrogens (tertiary/aromatic N) is 1. The Hall–Kier alpha value is -1.57. The summed E-state index contributed by atoms with van der Waals surface area (Å²) in [5.74, 6) is -0.181. The number of hydrogen-bond acceptors (Lipinski definition) is 5. The van der Waals surface area contributed by atoms with Crippen molar-refractivity contribution in [3.8, 4) is 0 Å². The zero-order valence-corrected chi connectivity index (χ0v) is 13.5. The van der Waals surface area contributed by atoms with E-state index < -0.39 is 0 Å². The Morgan fingerprint density at radius 1 is 1.36 bits per heavy atom. The van der Waals surface area contributed by atoms with Crippen LogP contribution in [0, 0.1) is 0 Å². The number of hydrogen-bond donors (Lipinski definition) is 2. The molecule has 120 valence electrons. The van der Waals surface area contributed by atoms with E-state index in [2.05, 4.69) is 5.32 Å². The smallest absolute Gasteiger partial charge is 0.289 e. The standard InChI is InChI=1S/C14H17N3O3S.ClH/c15-5-2-6-16-13(19)11-4-1-3-10(7-11)8-17-12(18)9-21-14(17)20;/h1,3-4,7H,2,5-6,8-9,15H2,(H,16,19);1H. The normalized spacial score (nSPS) is 14.0. The lowest BCUT2D eigenvalue weighted by atomic mass is 10.1. The van der Waals surface area contributed by atoms with Gasteiger partial charge in [-0.05, 0) is 30.7 Å². The summed E-state index contributed by atoms with van der Waals surface area (Å²) in [4.78, 5) is 36.3. The van der Waals surface area contributed by atoms with Crippen LogP contribution in [-0.2, 0) is 11.3 Å². The van der Waals surface area contributed by atoms with Crippen LogP contribution in [0.1, 0.15) is 22.3 Å². The first-order chi connectivity index (χ1) is 10.1. The highest BCUT2D eigenvalue weighted by Crippen LogP contribution is 2.21. The van der Waals surface area contributed by atoms with Crippen LogP contribution in [0.15, 0.2) is 24.3 Å². The average Bonchev–Trinajstić information content (AvgIpc) is 2.80. The number of amides is 3. The predicted molar refractivity (Wildman–Crippen MR) is 88.1 cm³/mol. The summed E-state index contributed by atoms with van der Waals surface area (Å²) in [7, 11) is 0. The van der Waals surface area contributed by atoms with Crippen molar-refractivity contribution >= 4 is 41.2 Å². The van der Waals surface area contributed by atoms with Gasteiger partial charge in [-0.2, -0.15) is 0 Å². The van der Waals surface area contributed by atoms with Crippen LogP contribution < -0.4 is 11.1 Å². The number of halogens is 1. The molecule has 0 atom stereocenters. The summed E-state index contributed by atoms with van der Waals surface area (Å²) < 4.78 is 0. The molecule has 0 aromatic heterocycles. The molecule has 3 N–H and O–H groups in total. The maximum absolute atomic E-state index is 11.9. The van der Waals surface area contributed by atoms with E-state index in [1.165, 1.54) is 4.90 Å². The molecule has 1 fully saturated rings. The second-order valence-electron chi connectivity index (χ2n) is 4.63. The topological polar surface area (TPSA) is 92.5 Å². The van der Waals surface area contributed by atoms with Crippen LogP contribution in [-0.4, -0.2) is 40.8 Å². The first-order valence-electron chi connectivity index (χ1n) is 6.66. The molecule has 8 heteroatoms. The van der Waals surface area contributed by atoms with E-state index in [1.807, 2.05) is 0 Å². The van der Waals surface area contributed by atoms with Gasteiger partial charge in [-0.25, -0.2) is 0 Å². The van der Waals surface area contributed by atoms with Crippen molar-refractivity contribution in [1.29, 1.82) is 0 Å². The highest BCUT2D eigenvalue weighted by atomic mass is 35.5. The molecule has 1 saturated heterocycles. The summed E-state index contributed by atoms with van der Waals surface area (Å²) in [6.07, 6.45) is 0.722. The monoisotopic (exact) mass is 343 g/mol. The molecule has 1 aromatic rings. The average molecular weight is 344 g/mol. The summed E-state index contributed by atoms with van der Waals surface area (Å²) in [5, 5.41) is 2.53. The van der Waals surface area contributed by atoms with Gasteiger partial charge in [0.2, 0.25) is 5.91 Å². The Morgan fingerprint density at radius 3 is 2.77 bits per heavy atom. The fourth-order valence-electron chi connectivity index (χ4n) is 1.93. The number of nitrogens with two attached hydrogens (primary N) is 1. The van der Waals surface area contributed by atoms with Gasteiger partial charge in [0.15, 0.2) is 0 Å². The fourth-order valence-corrected chi connectivity index (χ4v) is 2.66. The SMILES string of the molecule is Cl.NCCCNC(=O)c1cccc(CN2C(=O)CSC2=O)c1. The Balaban J connectivity index is 0.00000242. The van der Waals surface area contributed by atoms with E-state index in [4.69, 9.17) is 5.73 Å². The van der Waals surface area contributed by atoms with Crippen LogP contribution in [0.3, 0.4) is 0 Å². The molecule has 6 nitrogen and oxygen atoms in total. The molecule has 0 aliphatic carbocycles. The molecule has 1 aromatic carbocycles. The lowest BCUT2D eigenvalue weighted by Crippen LogP contribution is -2.28. The minimum Gasteiger partial charge on any atom is -0.352 e. The van der Waals surface area contributed by atoms with Crippen molar-refractivity contribution in [2.24, 2.45) is 5.73 Å². The number of carbonyl (C=O) groups is 3. The Labute approximate surface area is 139 Å². The fraction of sp³-hybridized carbons (Fsp3) is 0.357. The second kappa shape index (κ2) is 8.77. The Morgan fingerprint density at radius 2 is 2.14 bits per heavy atom. The molecule has 0 unspecified atom stereocenters. The van der Waals surface area contributed by atoms with E-state index in [9.17, 15) is 14.4 Å². The van der Waals surface area contributed by atoms with Crippen molar-refractivity contribution in [2.45, 2.75) is 13.0 Å². The quantitative estimate of drug-likeness (QED) is 0.761. The van der Waals surface area contributed by atoms with Crippen LogP contribution in [0.4, 0.5) is 4.79 Å². The van der Waals surface area contributed by atoms with Gasteiger partial charge < -0.3 is 11.1 Å². The number of thioether (sulfide) groups is 1. The third-order valence-electron chi connectivity index (χ3n) is 3.04. The minimum absolute atomic E-state index is 0. The zero-order chi connectivity index (χ0) is 15.2. The van der Waals surface area contributed by atoms with Crippen LogP contribution in [0.25, 0.3) is 0 Å². The molecule has 2 rings (SSSR count). The second-order valence-corrected chi connectivity index (χ2v) is 5.56. The maximum atomic E-state index is 11.9. The maximum Gasteiger partial charge on any atom is 0.289 e. The minimum atomic E-state index is -0.238. The van der Waals surface area contributed by atoms with Crippen molar-refractivity contribution in [3.63, 3.8) is 0 Å². The largest absolute Gasteiger partial charge is 0.352 e. The molecular weight excluding hydrogens is 326 g/mol. The number of nitrogens with one attached hydrogen (secondary N) is 1. The van der Waals surface area contributed by atoms with E-state index in [1.54, 1.807) is 24.3 Å². The van der Waals surface area contributed by atoms with Gasteiger partial charge in [0.05, 0.1) is 12.3 Å². The number of imide groups is 1. The molecular formula is C14H18ClN3O3S. The zero-order valence-electron chi connectivity index (χ0n) is 11.9. The number of benzene rings is 1. The summed E-state index contributed by atoms with van der Waals surface area (Å²) >= 11 is 1.00. The third kappa shape index (κ3) is 4.72. The highest BCUT2D eigenvalue weighted by Gasteiger charge is 2.29. The van der Waals surface area contributed by atoms with Crippen LogP contribution in [0.2, 0.25) is 0 Å². The van der Waals surface area contributed by atoms with Crippen LogP contribution >= 0.6 is 24.2 Å². The number of carbonyl (C=O) groups excluding carboxylic acids is 3. The lowest BCUT2D eigenvalue weighted by Gasteiger charge is -2.13. The van der Waals surface area contributed by atoms with Gasteiger partial charge in [0.25, 0.3) is 11.1 Å². The highest BCUT2D eigenvalue weighted by molar-refractivity contribution is 8.14. The van der Waals surface area contributed by atoms with Crippen molar-refractivity contribution < 1.29 is 14.4 Å². The molecule has 0 saturated carbocycles. The van der Waals surface area contributed by atoms with E-state index in [0.29, 0.717) is 18.7 Å². The summed E-state index contributed by atoms with van der Waals surface area (Å²) in [6.45, 7) is 1.26. The van der Waals surface area contributed by atoms with Gasteiger partial charge in [0.1, 0.15) is 0 Å². The van der Waals surface area contributed by atoms with Crippen molar-refractivity contribution in [1.82, 2.24) is 10.2 Å². The molecule has 0 radical (unpaired) electrons. The van der Waals surface area contributed by atoms with Gasteiger partial charge in [-0.3, -0.25) is 19.3 Å². The van der Waals surface area contributed by atoms with E-state index >= 15 is 0 Å². The van der Waals surface area contributed by atoms with Gasteiger partial charge >= 0.3 is 0 Å². The molecule has 0 bridgehead atoms. The predicted octanol–water partition coefficient (Wildman–Crippen LogP) is 1.38. The summed E-state index contributed by atoms with van der Waals surface area (Å²) in [5.41, 5.74) is 6.64. The van der Waals surface area contributed by atoms with E-state index in [0.717, 1.165) is 23.7 Å². The van der Waals surface area contributed by atoms with Crippen molar-refractivity contribution in [3.05, 3.63) is 35.4 Å². The van der Waals surface area contributed by atoms with Gasteiger partial charge in [-0.1, -0.05) is 23.9 Å². The molecule has 1 heterocycles. The third-order valence-corrected chi connectivity index (χ3v) is 3.90.